The zero-order valence-corrected chi connectivity index (χ0v) is 12.3. The first kappa shape index (κ1) is 13.7. The van der Waals surface area contributed by atoms with Crippen molar-refractivity contribution in [1.82, 2.24) is 9.97 Å². The lowest BCUT2D eigenvalue weighted by molar-refractivity contribution is 0.318. The Morgan fingerprint density at radius 1 is 1.25 bits per heavy atom. The molecule has 2 N–H and O–H groups in total. The predicted octanol–water partition coefficient (Wildman–Crippen LogP) is 3.42. The maximum absolute atomic E-state index is 11.7. The fourth-order valence-corrected chi connectivity index (χ4v) is 3.31. The molecule has 0 aromatic carbocycles. The van der Waals surface area contributed by atoms with E-state index in [2.05, 4.69) is 22.2 Å². The topological polar surface area (TPSA) is 57.8 Å². The summed E-state index contributed by atoms with van der Waals surface area (Å²) >= 11 is 0. The first-order chi connectivity index (χ1) is 9.74. The summed E-state index contributed by atoms with van der Waals surface area (Å²) in [5.41, 5.74) is -0.0240. The van der Waals surface area contributed by atoms with Crippen molar-refractivity contribution >= 4 is 5.82 Å². The van der Waals surface area contributed by atoms with E-state index in [1.807, 2.05) is 0 Å². The normalized spacial score (nSPS) is 26.4. The lowest BCUT2D eigenvalue weighted by atomic mass is 9.83. The molecule has 0 saturated heterocycles. The van der Waals surface area contributed by atoms with E-state index in [1.165, 1.54) is 38.5 Å². The number of H-pyrrole nitrogens is 1. The summed E-state index contributed by atoms with van der Waals surface area (Å²) in [6.07, 6.45) is 10.0. The minimum absolute atomic E-state index is 0.0240. The van der Waals surface area contributed by atoms with E-state index < -0.39 is 0 Å². The number of hydrogen-bond donors (Lipinski definition) is 2. The van der Waals surface area contributed by atoms with Crippen LogP contribution in [0.15, 0.2) is 10.9 Å². The SMILES string of the molecule is CCCC1CCC(Nc2cc(=O)[nH]c(C3CC3)n2)CC1. The van der Waals surface area contributed by atoms with Crippen molar-refractivity contribution in [2.75, 3.05) is 5.32 Å². The van der Waals surface area contributed by atoms with Gasteiger partial charge in [-0.15, -0.1) is 0 Å². The molecule has 110 valence electrons. The number of nitrogens with one attached hydrogen (secondary N) is 2. The second kappa shape index (κ2) is 5.98. The fourth-order valence-electron chi connectivity index (χ4n) is 3.31. The largest absolute Gasteiger partial charge is 0.367 e. The number of anilines is 1. The summed E-state index contributed by atoms with van der Waals surface area (Å²) < 4.78 is 0. The van der Waals surface area contributed by atoms with E-state index >= 15 is 0 Å². The molecular weight excluding hydrogens is 250 g/mol. The molecule has 3 rings (SSSR count). The van der Waals surface area contributed by atoms with E-state index in [0.29, 0.717) is 12.0 Å². The quantitative estimate of drug-likeness (QED) is 0.865. The molecule has 1 aromatic heterocycles. The molecule has 20 heavy (non-hydrogen) atoms. The third-order valence-electron chi connectivity index (χ3n) is 4.62. The van der Waals surface area contributed by atoms with Crippen LogP contribution in [0.2, 0.25) is 0 Å². The summed E-state index contributed by atoms with van der Waals surface area (Å²) in [6, 6.07) is 2.09. The summed E-state index contributed by atoms with van der Waals surface area (Å²) in [5, 5.41) is 3.48. The number of hydrogen-bond acceptors (Lipinski definition) is 3. The fraction of sp³-hybridized carbons (Fsp3) is 0.750. The number of rotatable bonds is 5. The zero-order valence-electron chi connectivity index (χ0n) is 12.3. The smallest absolute Gasteiger partial charge is 0.252 e. The Morgan fingerprint density at radius 2 is 2.00 bits per heavy atom. The summed E-state index contributed by atoms with van der Waals surface area (Å²) in [4.78, 5) is 19.1. The molecular formula is C16H25N3O. The molecule has 2 fully saturated rings. The Morgan fingerprint density at radius 3 is 2.65 bits per heavy atom. The van der Waals surface area contributed by atoms with Crippen LogP contribution in [-0.2, 0) is 0 Å². The molecule has 0 spiro atoms. The van der Waals surface area contributed by atoms with Gasteiger partial charge >= 0.3 is 0 Å². The van der Waals surface area contributed by atoms with Crippen molar-refractivity contribution in [3.05, 3.63) is 22.2 Å². The van der Waals surface area contributed by atoms with E-state index in [0.717, 1.165) is 30.4 Å². The first-order valence-electron chi connectivity index (χ1n) is 8.12. The van der Waals surface area contributed by atoms with Crippen molar-refractivity contribution in [3.63, 3.8) is 0 Å². The molecule has 0 aliphatic heterocycles. The minimum Gasteiger partial charge on any atom is -0.367 e. The maximum Gasteiger partial charge on any atom is 0.252 e. The monoisotopic (exact) mass is 275 g/mol. The standard InChI is InChI=1S/C16H25N3O/c1-2-3-11-4-8-13(9-5-11)17-14-10-15(20)19-16(18-14)12-6-7-12/h10-13H,2-9H2,1H3,(H2,17,18,19,20). The van der Waals surface area contributed by atoms with Gasteiger partial charge in [-0.3, -0.25) is 4.79 Å². The maximum atomic E-state index is 11.7. The second-order valence-corrected chi connectivity index (χ2v) is 6.44. The average Bonchev–Trinajstić information content (AvgIpc) is 3.25. The molecule has 0 atom stereocenters. The Kier molecular flexibility index (Phi) is 4.08. The number of nitrogens with zero attached hydrogens (tertiary/aromatic N) is 1. The van der Waals surface area contributed by atoms with Crippen molar-refractivity contribution in [2.45, 2.75) is 70.3 Å². The summed E-state index contributed by atoms with van der Waals surface area (Å²) in [6.45, 7) is 2.27. The summed E-state index contributed by atoms with van der Waals surface area (Å²) in [7, 11) is 0. The van der Waals surface area contributed by atoms with Gasteiger partial charge in [0.15, 0.2) is 0 Å². The molecule has 0 radical (unpaired) electrons. The lowest BCUT2D eigenvalue weighted by Crippen LogP contribution is -2.27. The van der Waals surface area contributed by atoms with Crippen molar-refractivity contribution in [1.29, 1.82) is 0 Å². The molecule has 4 nitrogen and oxygen atoms in total. The third-order valence-corrected chi connectivity index (χ3v) is 4.62. The van der Waals surface area contributed by atoms with Crippen molar-refractivity contribution in [2.24, 2.45) is 5.92 Å². The van der Waals surface area contributed by atoms with Crippen LogP contribution in [0.25, 0.3) is 0 Å². The van der Waals surface area contributed by atoms with Gasteiger partial charge in [0.25, 0.3) is 5.56 Å². The molecule has 0 amide bonds. The molecule has 4 heteroatoms. The van der Waals surface area contributed by atoms with Gasteiger partial charge in [-0.25, -0.2) is 4.98 Å². The van der Waals surface area contributed by atoms with E-state index in [9.17, 15) is 4.79 Å². The Hall–Kier alpha value is -1.32. The highest BCUT2D eigenvalue weighted by Gasteiger charge is 2.27. The number of aromatic nitrogens is 2. The first-order valence-corrected chi connectivity index (χ1v) is 8.12. The highest BCUT2D eigenvalue weighted by Crippen LogP contribution is 2.38. The van der Waals surface area contributed by atoms with Crippen LogP contribution in [0.3, 0.4) is 0 Å². The molecule has 2 aliphatic carbocycles. The van der Waals surface area contributed by atoms with Crippen LogP contribution in [0.1, 0.15) is 70.0 Å². The summed E-state index contributed by atoms with van der Waals surface area (Å²) in [5.74, 6) is 3.05. The highest BCUT2D eigenvalue weighted by atomic mass is 16.1. The van der Waals surface area contributed by atoms with Gasteiger partial charge in [-0.1, -0.05) is 19.8 Å². The van der Waals surface area contributed by atoms with Gasteiger partial charge in [-0.05, 0) is 44.4 Å². The van der Waals surface area contributed by atoms with E-state index in [1.54, 1.807) is 6.07 Å². The highest BCUT2D eigenvalue weighted by molar-refractivity contribution is 5.35. The average molecular weight is 275 g/mol. The predicted molar refractivity (Wildman–Crippen MR) is 81.1 cm³/mol. The molecule has 0 unspecified atom stereocenters. The Labute approximate surface area is 120 Å². The zero-order chi connectivity index (χ0) is 13.9. The molecule has 2 aliphatic rings. The number of aromatic amines is 1. The third kappa shape index (κ3) is 3.41. The van der Waals surface area contributed by atoms with Gasteiger partial charge in [-0.2, -0.15) is 0 Å². The van der Waals surface area contributed by atoms with Crippen molar-refractivity contribution in [3.8, 4) is 0 Å². The van der Waals surface area contributed by atoms with Gasteiger partial charge in [0, 0.05) is 18.0 Å². The molecule has 2 saturated carbocycles. The van der Waals surface area contributed by atoms with Gasteiger partial charge in [0.1, 0.15) is 11.6 Å². The lowest BCUT2D eigenvalue weighted by Gasteiger charge is -2.29. The van der Waals surface area contributed by atoms with E-state index in [4.69, 9.17) is 0 Å². The van der Waals surface area contributed by atoms with Crippen LogP contribution in [0.4, 0.5) is 5.82 Å². The van der Waals surface area contributed by atoms with Crippen LogP contribution in [0, 0.1) is 5.92 Å². The molecule has 1 aromatic rings. The van der Waals surface area contributed by atoms with Crippen LogP contribution < -0.4 is 10.9 Å². The molecule has 1 heterocycles. The second-order valence-electron chi connectivity index (χ2n) is 6.44. The van der Waals surface area contributed by atoms with E-state index in [-0.39, 0.29) is 5.56 Å². The Balaban J connectivity index is 1.59. The van der Waals surface area contributed by atoms with Crippen molar-refractivity contribution < 1.29 is 0 Å². The van der Waals surface area contributed by atoms with Crippen LogP contribution in [0.5, 0.6) is 0 Å². The van der Waals surface area contributed by atoms with Crippen LogP contribution in [-0.4, -0.2) is 16.0 Å². The van der Waals surface area contributed by atoms with Gasteiger partial charge in [0.05, 0.1) is 0 Å². The van der Waals surface area contributed by atoms with Crippen LogP contribution >= 0.6 is 0 Å². The van der Waals surface area contributed by atoms with Gasteiger partial charge < -0.3 is 10.3 Å². The molecule has 0 bridgehead atoms. The Bertz CT molecular complexity index is 499. The van der Waals surface area contributed by atoms with Gasteiger partial charge in [0.2, 0.25) is 0 Å². The minimum atomic E-state index is -0.0240.